The number of aromatic nitrogens is 3. The van der Waals surface area contributed by atoms with Crippen LogP contribution < -0.4 is 10.1 Å². The number of hydrogen-bond donors (Lipinski definition) is 2. The summed E-state index contributed by atoms with van der Waals surface area (Å²) in [6.07, 6.45) is 5.41. The van der Waals surface area contributed by atoms with Crippen LogP contribution >= 0.6 is 11.3 Å². The van der Waals surface area contributed by atoms with Crippen molar-refractivity contribution in [2.75, 3.05) is 12.4 Å². The molecule has 7 heteroatoms. The molecule has 0 atom stereocenters. The monoisotopic (exact) mass is 422 g/mol. The second kappa shape index (κ2) is 7.25. The zero-order chi connectivity index (χ0) is 20.9. The van der Waals surface area contributed by atoms with Crippen molar-refractivity contribution in [1.29, 1.82) is 0 Å². The molecule has 0 spiro atoms. The van der Waals surface area contributed by atoms with Gasteiger partial charge in [-0.05, 0) is 80.8 Å². The zero-order valence-electron chi connectivity index (χ0n) is 17.5. The molecule has 0 saturated heterocycles. The van der Waals surface area contributed by atoms with Gasteiger partial charge < -0.3 is 15.2 Å². The number of nitrogens with zero attached hydrogens (tertiary/aromatic N) is 3. The number of anilines is 1. The van der Waals surface area contributed by atoms with E-state index in [-0.39, 0.29) is 0 Å². The molecule has 1 fully saturated rings. The minimum absolute atomic E-state index is 0.335. The quantitative estimate of drug-likeness (QED) is 0.482. The Morgan fingerprint density at radius 1 is 1.23 bits per heavy atom. The molecule has 1 aromatic carbocycles. The fraction of sp³-hybridized carbons (Fsp3) is 0.391. The van der Waals surface area contributed by atoms with Crippen molar-refractivity contribution in [2.45, 2.75) is 51.2 Å². The minimum atomic E-state index is -0.532. The van der Waals surface area contributed by atoms with E-state index < -0.39 is 5.60 Å². The van der Waals surface area contributed by atoms with Gasteiger partial charge in [0.2, 0.25) is 0 Å². The summed E-state index contributed by atoms with van der Waals surface area (Å²) in [5.74, 6) is 1.75. The first-order valence-corrected chi connectivity index (χ1v) is 11.2. The summed E-state index contributed by atoms with van der Waals surface area (Å²) in [5.41, 5.74) is 2.41. The maximum atomic E-state index is 10.2. The van der Waals surface area contributed by atoms with E-state index in [1.54, 1.807) is 18.4 Å². The predicted octanol–water partition coefficient (Wildman–Crippen LogP) is 5.03. The van der Waals surface area contributed by atoms with E-state index in [0.717, 1.165) is 59.0 Å². The van der Waals surface area contributed by atoms with Gasteiger partial charge in [0.15, 0.2) is 5.65 Å². The predicted molar refractivity (Wildman–Crippen MR) is 122 cm³/mol. The molecule has 5 rings (SSSR count). The lowest BCUT2D eigenvalue weighted by molar-refractivity contribution is 0.0196. The molecule has 0 bridgehead atoms. The van der Waals surface area contributed by atoms with E-state index >= 15 is 0 Å². The summed E-state index contributed by atoms with van der Waals surface area (Å²) in [7, 11) is 1.71. The van der Waals surface area contributed by atoms with Gasteiger partial charge >= 0.3 is 0 Å². The number of thiophene rings is 1. The molecule has 3 aromatic heterocycles. The highest BCUT2D eigenvalue weighted by Crippen LogP contribution is 2.37. The lowest BCUT2D eigenvalue weighted by Crippen LogP contribution is -2.36. The highest BCUT2D eigenvalue weighted by atomic mass is 32.1. The van der Waals surface area contributed by atoms with Crippen molar-refractivity contribution in [3.63, 3.8) is 0 Å². The van der Waals surface area contributed by atoms with Crippen molar-refractivity contribution in [1.82, 2.24) is 14.6 Å². The van der Waals surface area contributed by atoms with E-state index in [0.29, 0.717) is 6.04 Å². The number of aliphatic hydroxyl groups is 1. The van der Waals surface area contributed by atoms with E-state index in [1.165, 1.54) is 10.1 Å². The number of benzene rings is 1. The van der Waals surface area contributed by atoms with Gasteiger partial charge in [0, 0.05) is 10.7 Å². The van der Waals surface area contributed by atoms with Crippen molar-refractivity contribution >= 4 is 32.9 Å². The highest BCUT2D eigenvalue weighted by Gasteiger charge is 2.28. The number of nitrogens with one attached hydrogen (secondary N) is 1. The van der Waals surface area contributed by atoms with Gasteiger partial charge in [-0.3, -0.25) is 0 Å². The standard InChI is InChI=1S/C23H26N4O2S/c1-14-10-15-11-20(30-19(15)12-18(14)29-3)17-13-24-22-5-4-21(26-27(17)22)25-16-6-8-23(2,28)9-7-16/h4-5,10-13,16,28H,6-9H2,1-3H3,(H,25,26)/t16-,23-. The van der Waals surface area contributed by atoms with E-state index in [4.69, 9.17) is 9.84 Å². The summed E-state index contributed by atoms with van der Waals surface area (Å²) < 4.78 is 8.58. The van der Waals surface area contributed by atoms with Crippen LogP contribution in [0.4, 0.5) is 5.82 Å². The maximum Gasteiger partial charge on any atom is 0.154 e. The number of ether oxygens (including phenoxy) is 1. The Morgan fingerprint density at radius 3 is 2.80 bits per heavy atom. The zero-order valence-corrected chi connectivity index (χ0v) is 18.3. The van der Waals surface area contributed by atoms with Crippen LogP contribution in [0.1, 0.15) is 38.2 Å². The molecule has 156 valence electrons. The number of fused-ring (bicyclic) bond motifs is 2. The molecular weight excluding hydrogens is 396 g/mol. The molecule has 0 aliphatic heterocycles. The molecule has 0 radical (unpaired) electrons. The first-order valence-electron chi connectivity index (χ1n) is 10.3. The van der Waals surface area contributed by atoms with Crippen LogP contribution in [0, 0.1) is 6.92 Å². The van der Waals surface area contributed by atoms with Crippen molar-refractivity contribution in [3.05, 3.63) is 42.1 Å². The third-order valence-corrected chi connectivity index (χ3v) is 7.18. The van der Waals surface area contributed by atoms with Crippen molar-refractivity contribution in [3.8, 4) is 16.3 Å². The fourth-order valence-electron chi connectivity index (χ4n) is 4.24. The third-order valence-electron chi connectivity index (χ3n) is 6.06. The van der Waals surface area contributed by atoms with Crippen molar-refractivity contribution in [2.24, 2.45) is 0 Å². The number of methoxy groups -OCH3 is 1. The van der Waals surface area contributed by atoms with Gasteiger partial charge in [-0.25, -0.2) is 9.50 Å². The first kappa shape index (κ1) is 19.3. The molecular formula is C23H26N4O2S. The topological polar surface area (TPSA) is 71.7 Å². The average molecular weight is 423 g/mol. The van der Waals surface area contributed by atoms with Crippen LogP contribution in [0.2, 0.25) is 0 Å². The van der Waals surface area contributed by atoms with Gasteiger partial charge in [0.1, 0.15) is 17.3 Å². The lowest BCUT2D eigenvalue weighted by atomic mass is 9.84. The fourth-order valence-corrected chi connectivity index (χ4v) is 5.31. The van der Waals surface area contributed by atoms with Crippen LogP contribution in [-0.2, 0) is 0 Å². The summed E-state index contributed by atoms with van der Waals surface area (Å²) in [6, 6.07) is 10.8. The summed E-state index contributed by atoms with van der Waals surface area (Å²) >= 11 is 1.72. The smallest absolute Gasteiger partial charge is 0.154 e. The van der Waals surface area contributed by atoms with Crippen LogP contribution in [0.5, 0.6) is 5.75 Å². The number of hydrogen-bond acceptors (Lipinski definition) is 6. The highest BCUT2D eigenvalue weighted by molar-refractivity contribution is 7.22. The molecule has 0 unspecified atom stereocenters. The molecule has 0 amide bonds. The third kappa shape index (κ3) is 3.52. The first-order chi connectivity index (χ1) is 14.4. The van der Waals surface area contributed by atoms with Gasteiger partial charge in [0.05, 0.1) is 23.8 Å². The average Bonchev–Trinajstić information content (AvgIpc) is 3.32. The Hall–Kier alpha value is -2.64. The molecule has 2 N–H and O–H groups in total. The second-order valence-electron chi connectivity index (χ2n) is 8.52. The van der Waals surface area contributed by atoms with Crippen LogP contribution in [-0.4, -0.2) is 38.5 Å². The number of imidazole rings is 1. The number of rotatable bonds is 4. The molecule has 1 aliphatic rings. The molecule has 3 heterocycles. The van der Waals surface area contributed by atoms with E-state index in [2.05, 4.69) is 35.4 Å². The minimum Gasteiger partial charge on any atom is -0.496 e. The summed E-state index contributed by atoms with van der Waals surface area (Å²) in [5, 5.41) is 19.8. The second-order valence-corrected chi connectivity index (χ2v) is 9.60. The van der Waals surface area contributed by atoms with Gasteiger partial charge in [-0.1, -0.05) is 0 Å². The Morgan fingerprint density at radius 2 is 2.03 bits per heavy atom. The largest absolute Gasteiger partial charge is 0.496 e. The lowest BCUT2D eigenvalue weighted by Gasteiger charge is -2.33. The van der Waals surface area contributed by atoms with Crippen LogP contribution in [0.3, 0.4) is 0 Å². The number of aryl methyl sites for hydroxylation is 1. The van der Waals surface area contributed by atoms with Gasteiger partial charge in [0.25, 0.3) is 0 Å². The maximum absolute atomic E-state index is 10.2. The molecule has 1 aliphatic carbocycles. The molecule has 6 nitrogen and oxygen atoms in total. The Labute approximate surface area is 179 Å². The van der Waals surface area contributed by atoms with E-state index in [9.17, 15) is 5.11 Å². The Balaban J connectivity index is 1.47. The van der Waals surface area contributed by atoms with Crippen LogP contribution in [0.25, 0.3) is 26.3 Å². The molecule has 30 heavy (non-hydrogen) atoms. The molecule has 1 saturated carbocycles. The van der Waals surface area contributed by atoms with Crippen LogP contribution in [0.15, 0.2) is 36.5 Å². The van der Waals surface area contributed by atoms with E-state index in [1.807, 2.05) is 29.8 Å². The summed E-state index contributed by atoms with van der Waals surface area (Å²) in [4.78, 5) is 5.67. The van der Waals surface area contributed by atoms with Gasteiger partial charge in [-0.2, -0.15) is 0 Å². The Bertz CT molecular complexity index is 1220. The SMILES string of the molecule is COc1cc2sc(-c3cnc4ccc(N[C@H]5CC[C@](C)(O)CC5)nn34)cc2cc1C. The normalized spacial score (nSPS) is 21.9. The van der Waals surface area contributed by atoms with Gasteiger partial charge in [-0.15, -0.1) is 16.4 Å². The van der Waals surface area contributed by atoms with Crippen molar-refractivity contribution < 1.29 is 9.84 Å². The molecule has 4 aromatic rings. The summed E-state index contributed by atoms with van der Waals surface area (Å²) in [6.45, 7) is 3.99. The Kier molecular flexibility index (Phi) is 4.67.